The summed E-state index contributed by atoms with van der Waals surface area (Å²) in [7, 11) is 3.99. The Hall–Kier alpha value is -1.34. The molecule has 0 atom stereocenters. The van der Waals surface area contributed by atoms with Crippen LogP contribution in [0, 0.1) is 5.92 Å². The van der Waals surface area contributed by atoms with Crippen LogP contribution in [0.25, 0.3) is 0 Å². The van der Waals surface area contributed by atoms with Gasteiger partial charge in [0.25, 0.3) is 0 Å². The molecule has 0 unspecified atom stereocenters. The standard InChI is InChI=1S/C19H25Cl2N3O2S/c1-13(2)19(25)24(8-7-23(3)4)10-15-12-27-18(22-15)11-26-17-9-14(20)5-6-16(17)21/h5-6,9,12-13H,7-8,10-11H2,1-4H3. The van der Waals surface area contributed by atoms with Gasteiger partial charge in [-0.1, -0.05) is 37.0 Å². The Labute approximate surface area is 174 Å². The van der Waals surface area contributed by atoms with Crippen molar-refractivity contribution in [2.75, 3.05) is 27.2 Å². The predicted octanol–water partition coefficient (Wildman–Crippen LogP) is 4.58. The van der Waals surface area contributed by atoms with Crippen molar-refractivity contribution in [2.45, 2.75) is 27.0 Å². The summed E-state index contributed by atoms with van der Waals surface area (Å²) in [6.07, 6.45) is 0. The summed E-state index contributed by atoms with van der Waals surface area (Å²) in [5, 5.41) is 3.87. The van der Waals surface area contributed by atoms with Gasteiger partial charge in [0, 0.05) is 35.5 Å². The Bertz CT molecular complexity index is 765. The number of thiazole rings is 1. The highest BCUT2D eigenvalue weighted by Gasteiger charge is 2.18. The van der Waals surface area contributed by atoms with Crippen molar-refractivity contribution < 1.29 is 9.53 Å². The van der Waals surface area contributed by atoms with Crippen LogP contribution in [0.3, 0.4) is 0 Å². The fourth-order valence-corrected chi connectivity index (χ4v) is 3.39. The molecule has 148 valence electrons. The molecule has 1 heterocycles. The molecule has 1 aromatic heterocycles. The summed E-state index contributed by atoms with van der Waals surface area (Å²) in [5.41, 5.74) is 0.864. The van der Waals surface area contributed by atoms with Gasteiger partial charge < -0.3 is 14.5 Å². The highest BCUT2D eigenvalue weighted by atomic mass is 35.5. The maximum absolute atomic E-state index is 12.5. The van der Waals surface area contributed by atoms with Gasteiger partial charge in [-0.3, -0.25) is 4.79 Å². The number of nitrogens with zero attached hydrogens (tertiary/aromatic N) is 3. The molecule has 0 saturated carbocycles. The number of amides is 1. The zero-order chi connectivity index (χ0) is 20.0. The molecule has 1 amide bonds. The third kappa shape index (κ3) is 6.96. The molecular weight excluding hydrogens is 405 g/mol. The number of benzene rings is 1. The Morgan fingerprint density at radius 2 is 2.00 bits per heavy atom. The molecule has 0 fully saturated rings. The lowest BCUT2D eigenvalue weighted by atomic mass is 10.2. The van der Waals surface area contributed by atoms with E-state index >= 15 is 0 Å². The second-order valence-corrected chi connectivity index (χ2v) is 8.60. The monoisotopic (exact) mass is 429 g/mol. The van der Waals surface area contributed by atoms with Crippen LogP contribution in [0.1, 0.15) is 24.5 Å². The fraction of sp³-hybridized carbons (Fsp3) is 0.474. The molecule has 2 rings (SSSR count). The summed E-state index contributed by atoms with van der Waals surface area (Å²) in [6, 6.07) is 5.10. The van der Waals surface area contributed by atoms with Crippen LogP contribution in [0.5, 0.6) is 5.75 Å². The van der Waals surface area contributed by atoms with Crippen LogP contribution >= 0.6 is 34.5 Å². The third-order valence-electron chi connectivity index (χ3n) is 3.82. The molecule has 0 radical (unpaired) electrons. The number of aromatic nitrogens is 1. The summed E-state index contributed by atoms with van der Waals surface area (Å²) in [6.45, 7) is 6.12. The van der Waals surface area contributed by atoms with Crippen molar-refractivity contribution in [1.82, 2.24) is 14.8 Å². The second kappa shape index (κ2) is 10.3. The van der Waals surface area contributed by atoms with Gasteiger partial charge in [0.05, 0.1) is 17.3 Å². The molecule has 1 aromatic carbocycles. The van der Waals surface area contributed by atoms with Crippen LogP contribution in [-0.2, 0) is 17.9 Å². The molecule has 0 N–H and O–H groups in total. The van der Waals surface area contributed by atoms with Crippen LogP contribution < -0.4 is 4.74 Å². The summed E-state index contributed by atoms with van der Waals surface area (Å²) in [4.78, 5) is 21.0. The van der Waals surface area contributed by atoms with Crippen molar-refractivity contribution in [3.63, 3.8) is 0 Å². The highest BCUT2D eigenvalue weighted by molar-refractivity contribution is 7.09. The van der Waals surface area contributed by atoms with Gasteiger partial charge in [-0.05, 0) is 26.2 Å². The zero-order valence-corrected chi connectivity index (χ0v) is 18.4. The third-order valence-corrected chi connectivity index (χ3v) is 5.24. The average molecular weight is 430 g/mol. The maximum Gasteiger partial charge on any atom is 0.225 e. The SMILES string of the molecule is CC(C)C(=O)N(CCN(C)C)Cc1csc(COc2cc(Cl)ccc2Cl)n1. The normalized spacial score (nSPS) is 11.3. The Morgan fingerprint density at radius 3 is 2.67 bits per heavy atom. The largest absolute Gasteiger partial charge is 0.485 e. The molecule has 0 saturated heterocycles. The Balaban J connectivity index is 1.99. The number of hydrogen-bond acceptors (Lipinski definition) is 5. The van der Waals surface area contributed by atoms with Crippen molar-refractivity contribution in [1.29, 1.82) is 0 Å². The first-order valence-corrected chi connectivity index (χ1v) is 10.3. The van der Waals surface area contributed by atoms with Crippen molar-refractivity contribution >= 4 is 40.4 Å². The number of carbonyl (C=O) groups excluding carboxylic acids is 1. The first kappa shape index (κ1) is 22.0. The first-order valence-electron chi connectivity index (χ1n) is 8.71. The summed E-state index contributed by atoms with van der Waals surface area (Å²) < 4.78 is 5.73. The number of likely N-dealkylation sites (N-methyl/N-ethyl adjacent to an activating group) is 1. The number of halogens is 2. The minimum absolute atomic E-state index is 0.0430. The van der Waals surface area contributed by atoms with E-state index < -0.39 is 0 Å². The van der Waals surface area contributed by atoms with E-state index in [1.807, 2.05) is 38.2 Å². The van der Waals surface area contributed by atoms with E-state index in [2.05, 4.69) is 9.88 Å². The van der Waals surface area contributed by atoms with Gasteiger partial charge in [-0.15, -0.1) is 11.3 Å². The number of carbonyl (C=O) groups is 1. The topological polar surface area (TPSA) is 45.7 Å². The smallest absolute Gasteiger partial charge is 0.225 e. The lowest BCUT2D eigenvalue weighted by Gasteiger charge is -2.25. The summed E-state index contributed by atoms with van der Waals surface area (Å²) >= 11 is 13.6. The van der Waals surface area contributed by atoms with E-state index in [1.54, 1.807) is 18.2 Å². The van der Waals surface area contributed by atoms with Gasteiger partial charge in [0.15, 0.2) is 0 Å². The first-order chi connectivity index (χ1) is 12.8. The van der Waals surface area contributed by atoms with E-state index in [1.165, 1.54) is 11.3 Å². The van der Waals surface area contributed by atoms with Crippen molar-refractivity contribution in [3.8, 4) is 5.75 Å². The van der Waals surface area contributed by atoms with Gasteiger partial charge in [0.1, 0.15) is 17.4 Å². The van der Waals surface area contributed by atoms with E-state index in [-0.39, 0.29) is 11.8 Å². The molecule has 27 heavy (non-hydrogen) atoms. The van der Waals surface area contributed by atoms with Crippen LogP contribution in [0.2, 0.25) is 10.0 Å². The highest BCUT2D eigenvalue weighted by Crippen LogP contribution is 2.28. The molecule has 0 aliphatic heterocycles. The maximum atomic E-state index is 12.5. The van der Waals surface area contributed by atoms with Crippen molar-refractivity contribution in [2.24, 2.45) is 5.92 Å². The number of rotatable bonds is 9. The molecule has 0 aliphatic rings. The summed E-state index contributed by atoms with van der Waals surface area (Å²) in [5.74, 6) is 0.621. The minimum Gasteiger partial charge on any atom is -0.485 e. The fourth-order valence-electron chi connectivity index (χ4n) is 2.36. The van der Waals surface area contributed by atoms with Crippen LogP contribution in [0.15, 0.2) is 23.6 Å². The number of ether oxygens (including phenoxy) is 1. The minimum atomic E-state index is -0.0430. The van der Waals surface area contributed by atoms with Crippen LogP contribution in [-0.4, -0.2) is 47.9 Å². The average Bonchev–Trinajstić information content (AvgIpc) is 3.06. The van der Waals surface area contributed by atoms with Gasteiger partial charge in [-0.25, -0.2) is 4.98 Å². The van der Waals surface area contributed by atoms with Crippen LogP contribution in [0.4, 0.5) is 0 Å². The molecule has 5 nitrogen and oxygen atoms in total. The lowest BCUT2D eigenvalue weighted by molar-refractivity contribution is -0.135. The van der Waals surface area contributed by atoms with E-state index in [4.69, 9.17) is 27.9 Å². The Kier molecular flexibility index (Phi) is 8.35. The van der Waals surface area contributed by atoms with E-state index in [0.29, 0.717) is 35.5 Å². The van der Waals surface area contributed by atoms with Gasteiger partial charge >= 0.3 is 0 Å². The van der Waals surface area contributed by atoms with E-state index in [0.717, 1.165) is 17.2 Å². The van der Waals surface area contributed by atoms with Gasteiger partial charge in [-0.2, -0.15) is 0 Å². The van der Waals surface area contributed by atoms with E-state index in [9.17, 15) is 4.79 Å². The Morgan fingerprint density at radius 1 is 1.26 bits per heavy atom. The van der Waals surface area contributed by atoms with Gasteiger partial charge in [0.2, 0.25) is 5.91 Å². The molecule has 0 aliphatic carbocycles. The molecule has 2 aromatic rings. The quantitative estimate of drug-likeness (QED) is 0.585. The molecular formula is C19H25Cl2N3O2S. The lowest BCUT2D eigenvalue weighted by Crippen LogP contribution is -2.38. The molecule has 0 spiro atoms. The second-order valence-electron chi connectivity index (χ2n) is 6.81. The zero-order valence-electron chi connectivity index (χ0n) is 16.0. The molecule has 0 bridgehead atoms. The number of hydrogen-bond donors (Lipinski definition) is 0. The predicted molar refractivity (Wildman–Crippen MR) is 112 cm³/mol. The molecule has 8 heteroatoms. The van der Waals surface area contributed by atoms with Crippen molar-refractivity contribution in [3.05, 3.63) is 44.3 Å².